The summed E-state index contributed by atoms with van der Waals surface area (Å²) in [6, 6.07) is 11.3. The predicted octanol–water partition coefficient (Wildman–Crippen LogP) is 3.01. The summed E-state index contributed by atoms with van der Waals surface area (Å²) >= 11 is 3.34. The maximum atomic E-state index is 5.81. The van der Waals surface area contributed by atoms with Crippen molar-refractivity contribution in [2.75, 3.05) is 5.73 Å². The number of anilines is 1. The van der Waals surface area contributed by atoms with Gasteiger partial charge in [0.1, 0.15) is 12.4 Å². The van der Waals surface area contributed by atoms with E-state index in [-0.39, 0.29) is 0 Å². The van der Waals surface area contributed by atoms with Gasteiger partial charge in [-0.25, -0.2) is 0 Å². The first-order chi connectivity index (χ1) is 7.75. The first-order valence-electron chi connectivity index (χ1n) is 4.83. The standard InChI is InChI=1S/C12H11BrN2O/c13-9-4-5-12(11(14)7-9)16-8-10-3-1-2-6-15-10/h1-7H,8,14H2. The molecule has 0 aliphatic rings. The van der Waals surface area contributed by atoms with E-state index < -0.39 is 0 Å². The molecule has 0 spiro atoms. The van der Waals surface area contributed by atoms with Gasteiger partial charge in [-0.2, -0.15) is 0 Å². The lowest BCUT2D eigenvalue weighted by Crippen LogP contribution is -2.00. The number of nitrogens with two attached hydrogens (primary N) is 1. The summed E-state index contributed by atoms with van der Waals surface area (Å²) in [5.74, 6) is 0.675. The second kappa shape index (κ2) is 4.99. The average Bonchev–Trinajstić information content (AvgIpc) is 2.29. The number of halogens is 1. The van der Waals surface area contributed by atoms with Crippen LogP contribution in [0.1, 0.15) is 5.69 Å². The molecule has 4 heteroatoms. The van der Waals surface area contributed by atoms with Crippen LogP contribution in [-0.2, 0) is 6.61 Å². The second-order valence-electron chi connectivity index (χ2n) is 3.29. The van der Waals surface area contributed by atoms with Gasteiger partial charge in [0, 0.05) is 10.7 Å². The van der Waals surface area contributed by atoms with Crippen LogP contribution < -0.4 is 10.5 Å². The fraction of sp³-hybridized carbons (Fsp3) is 0.0833. The van der Waals surface area contributed by atoms with Crippen LogP contribution in [0, 0.1) is 0 Å². The maximum Gasteiger partial charge on any atom is 0.142 e. The molecule has 0 aliphatic heterocycles. The molecule has 1 aromatic heterocycles. The van der Waals surface area contributed by atoms with E-state index in [0.717, 1.165) is 10.2 Å². The zero-order valence-corrected chi connectivity index (χ0v) is 10.1. The van der Waals surface area contributed by atoms with Crippen LogP contribution >= 0.6 is 15.9 Å². The number of benzene rings is 1. The summed E-state index contributed by atoms with van der Waals surface area (Å²) in [7, 11) is 0. The first-order valence-corrected chi connectivity index (χ1v) is 5.63. The zero-order valence-electron chi connectivity index (χ0n) is 8.56. The van der Waals surface area contributed by atoms with Crippen LogP contribution in [0.15, 0.2) is 47.1 Å². The molecule has 0 atom stereocenters. The monoisotopic (exact) mass is 278 g/mol. The summed E-state index contributed by atoms with van der Waals surface area (Å²) < 4.78 is 6.51. The van der Waals surface area contributed by atoms with Crippen molar-refractivity contribution < 1.29 is 4.74 Å². The number of nitrogen functional groups attached to an aromatic ring is 1. The molecule has 0 aliphatic carbocycles. The third-order valence-corrected chi connectivity index (χ3v) is 2.57. The van der Waals surface area contributed by atoms with Gasteiger partial charge in [0.2, 0.25) is 0 Å². The van der Waals surface area contributed by atoms with E-state index in [4.69, 9.17) is 10.5 Å². The van der Waals surface area contributed by atoms with Gasteiger partial charge in [0.05, 0.1) is 11.4 Å². The van der Waals surface area contributed by atoms with Crippen LogP contribution in [0.2, 0.25) is 0 Å². The molecule has 1 heterocycles. The molecule has 1 aromatic carbocycles. The molecular formula is C12H11BrN2O. The molecular weight excluding hydrogens is 268 g/mol. The quantitative estimate of drug-likeness (QED) is 0.878. The van der Waals surface area contributed by atoms with Crippen molar-refractivity contribution >= 4 is 21.6 Å². The Morgan fingerprint density at radius 1 is 1.25 bits per heavy atom. The van der Waals surface area contributed by atoms with E-state index >= 15 is 0 Å². The van der Waals surface area contributed by atoms with Crippen molar-refractivity contribution in [3.05, 3.63) is 52.8 Å². The molecule has 0 amide bonds. The van der Waals surface area contributed by atoms with Gasteiger partial charge in [-0.15, -0.1) is 0 Å². The average molecular weight is 279 g/mol. The number of nitrogens with zero attached hydrogens (tertiary/aromatic N) is 1. The van der Waals surface area contributed by atoms with Crippen molar-refractivity contribution in [2.24, 2.45) is 0 Å². The number of rotatable bonds is 3. The Balaban J connectivity index is 2.05. The van der Waals surface area contributed by atoms with E-state index in [1.165, 1.54) is 0 Å². The molecule has 16 heavy (non-hydrogen) atoms. The molecule has 82 valence electrons. The lowest BCUT2D eigenvalue weighted by molar-refractivity contribution is 0.303. The minimum atomic E-state index is 0.423. The summed E-state index contributed by atoms with van der Waals surface area (Å²) in [6.07, 6.45) is 1.74. The van der Waals surface area contributed by atoms with Crippen LogP contribution in [0.25, 0.3) is 0 Å². The lowest BCUT2D eigenvalue weighted by atomic mass is 10.3. The van der Waals surface area contributed by atoms with E-state index in [9.17, 15) is 0 Å². The molecule has 0 bridgehead atoms. The van der Waals surface area contributed by atoms with E-state index in [1.807, 2.05) is 36.4 Å². The van der Waals surface area contributed by atoms with Crippen LogP contribution in [0.3, 0.4) is 0 Å². The molecule has 0 saturated carbocycles. The SMILES string of the molecule is Nc1cc(Br)ccc1OCc1ccccn1. The van der Waals surface area contributed by atoms with E-state index in [2.05, 4.69) is 20.9 Å². The number of hydrogen-bond donors (Lipinski definition) is 1. The van der Waals surface area contributed by atoms with E-state index in [0.29, 0.717) is 18.0 Å². The lowest BCUT2D eigenvalue weighted by Gasteiger charge is -2.08. The fourth-order valence-corrected chi connectivity index (χ4v) is 1.66. The third-order valence-electron chi connectivity index (χ3n) is 2.07. The molecule has 0 radical (unpaired) electrons. The Hall–Kier alpha value is -1.55. The molecule has 0 unspecified atom stereocenters. The zero-order chi connectivity index (χ0) is 11.4. The summed E-state index contributed by atoms with van der Waals surface area (Å²) in [4.78, 5) is 4.17. The minimum Gasteiger partial charge on any atom is -0.485 e. The summed E-state index contributed by atoms with van der Waals surface area (Å²) in [5, 5.41) is 0. The molecule has 0 fully saturated rings. The van der Waals surface area contributed by atoms with E-state index in [1.54, 1.807) is 6.20 Å². The summed E-state index contributed by atoms with van der Waals surface area (Å²) in [5.41, 5.74) is 7.31. The van der Waals surface area contributed by atoms with Gasteiger partial charge in [-0.05, 0) is 30.3 Å². The topological polar surface area (TPSA) is 48.1 Å². The van der Waals surface area contributed by atoms with Gasteiger partial charge in [0.15, 0.2) is 0 Å². The highest BCUT2D eigenvalue weighted by molar-refractivity contribution is 9.10. The highest BCUT2D eigenvalue weighted by Gasteiger charge is 2.01. The van der Waals surface area contributed by atoms with Crippen molar-refractivity contribution in [1.82, 2.24) is 4.98 Å². The predicted molar refractivity (Wildman–Crippen MR) is 67.1 cm³/mol. The van der Waals surface area contributed by atoms with Crippen molar-refractivity contribution in [3.63, 3.8) is 0 Å². The highest BCUT2D eigenvalue weighted by atomic mass is 79.9. The third kappa shape index (κ3) is 2.73. The summed E-state index contributed by atoms with van der Waals surface area (Å²) in [6.45, 7) is 0.423. The number of hydrogen-bond acceptors (Lipinski definition) is 3. The highest BCUT2D eigenvalue weighted by Crippen LogP contribution is 2.25. The Morgan fingerprint density at radius 2 is 2.12 bits per heavy atom. The van der Waals surface area contributed by atoms with Crippen LogP contribution in [-0.4, -0.2) is 4.98 Å². The van der Waals surface area contributed by atoms with Crippen molar-refractivity contribution in [2.45, 2.75) is 6.61 Å². The Morgan fingerprint density at radius 3 is 2.81 bits per heavy atom. The molecule has 2 aromatic rings. The smallest absolute Gasteiger partial charge is 0.142 e. The minimum absolute atomic E-state index is 0.423. The van der Waals surface area contributed by atoms with Gasteiger partial charge in [-0.3, -0.25) is 4.98 Å². The van der Waals surface area contributed by atoms with Crippen LogP contribution in [0.4, 0.5) is 5.69 Å². The first kappa shape index (κ1) is 11.0. The largest absolute Gasteiger partial charge is 0.485 e. The number of pyridine rings is 1. The van der Waals surface area contributed by atoms with Gasteiger partial charge in [-0.1, -0.05) is 22.0 Å². The van der Waals surface area contributed by atoms with Crippen LogP contribution in [0.5, 0.6) is 5.75 Å². The Kier molecular flexibility index (Phi) is 3.41. The van der Waals surface area contributed by atoms with Crippen molar-refractivity contribution in [1.29, 1.82) is 0 Å². The fourth-order valence-electron chi connectivity index (χ4n) is 1.29. The van der Waals surface area contributed by atoms with Crippen molar-refractivity contribution in [3.8, 4) is 5.75 Å². The number of aromatic nitrogens is 1. The second-order valence-corrected chi connectivity index (χ2v) is 4.21. The molecule has 3 nitrogen and oxygen atoms in total. The van der Waals surface area contributed by atoms with Gasteiger partial charge >= 0.3 is 0 Å². The normalized spacial score (nSPS) is 10.1. The maximum absolute atomic E-state index is 5.81. The molecule has 0 saturated heterocycles. The van der Waals surface area contributed by atoms with Gasteiger partial charge in [0.25, 0.3) is 0 Å². The van der Waals surface area contributed by atoms with Gasteiger partial charge < -0.3 is 10.5 Å². The Bertz CT molecular complexity index is 474. The molecule has 2 N–H and O–H groups in total. The molecule has 2 rings (SSSR count). The number of ether oxygens (including phenoxy) is 1. The Labute approximate surface area is 102 Å².